The van der Waals surface area contributed by atoms with Crippen LogP contribution in [0.3, 0.4) is 0 Å². The molecule has 2 saturated heterocycles. The van der Waals surface area contributed by atoms with Crippen LogP contribution in [0.1, 0.15) is 19.3 Å². The molecular formula is C10H18N2O2. The molecule has 0 amide bonds. The molecule has 2 unspecified atom stereocenters. The summed E-state index contributed by atoms with van der Waals surface area (Å²) in [4.78, 5) is 13.1. The van der Waals surface area contributed by atoms with Gasteiger partial charge < -0.3 is 10.4 Å². The SMILES string of the molecule is O=C(O)C1CCN(C2CCCNC2)C1. The lowest BCUT2D eigenvalue weighted by Gasteiger charge is -2.31. The maximum atomic E-state index is 10.8. The summed E-state index contributed by atoms with van der Waals surface area (Å²) in [6, 6.07) is 0.577. The van der Waals surface area contributed by atoms with Gasteiger partial charge in [0.15, 0.2) is 0 Å². The first-order valence-electron chi connectivity index (χ1n) is 5.45. The summed E-state index contributed by atoms with van der Waals surface area (Å²) in [7, 11) is 0. The van der Waals surface area contributed by atoms with Crippen molar-refractivity contribution in [3.8, 4) is 0 Å². The van der Waals surface area contributed by atoms with Crippen LogP contribution in [0.2, 0.25) is 0 Å². The fraction of sp³-hybridized carbons (Fsp3) is 0.900. The smallest absolute Gasteiger partial charge is 0.307 e. The minimum atomic E-state index is -0.628. The summed E-state index contributed by atoms with van der Waals surface area (Å²) in [5, 5.41) is 12.3. The number of carboxylic acids is 1. The molecule has 4 nitrogen and oxygen atoms in total. The van der Waals surface area contributed by atoms with E-state index in [1.807, 2.05) is 0 Å². The molecule has 80 valence electrons. The number of hydrogen-bond acceptors (Lipinski definition) is 3. The molecule has 0 aliphatic carbocycles. The van der Waals surface area contributed by atoms with E-state index in [0.29, 0.717) is 6.04 Å². The highest BCUT2D eigenvalue weighted by molar-refractivity contribution is 5.70. The van der Waals surface area contributed by atoms with Gasteiger partial charge in [-0.05, 0) is 32.4 Å². The molecule has 0 bridgehead atoms. The van der Waals surface area contributed by atoms with E-state index in [0.717, 1.165) is 32.6 Å². The van der Waals surface area contributed by atoms with E-state index in [4.69, 9.17) is 5.11 Å². The number of nitrogens with zero attached hydrogens (tertiary/aromatic N) is 1. The Bertz CT molecular complexity index is 214. The highest BCUT2D eigenvalue weighted by Crippen LogP contribution is 2.21. The van der Waals surface area contributed by atoms with Crippen LogP contribution in [-0.4, -0.2) is 48.2 Å². The second-order valence-electron chi connectivity index (χ2n) is 4.32. The number of piperidine rings is 1. The molecule has 2 N–H and O–H groups in total. The van der Waals surface area contributed by atoms with Crippen LogP contribution in [0.15, 0.2) is 0 Å². The maximum absolute atomic E-state index is 10.8. The molecule has 4 heteroatoms. The van der Waals surface area contributed by atoms with E-state index >= 15 is 0 Å². The summed E-state index contributed by atoms with van der Waals surface area (Å²) >= 11 is 0. The number of hydrogen-bond donors (Lipinski definition) is 2. The Hall–Kier alpha value is -0.610. The summed E-state index contributed by atoms with van der Waals surface area (Å²) < 4.78 is 0. The Labute approximate surface area is 84.3 Å². The van der Waals surface area contributed by atoms with Crippen LogP contribution >= 0.6 is 0 Å². The van der Waals surface area contributed by atoms with E-state index in [1.165, 1.54) is 12.8 Å². The Morgan fingerprint density at radius 2 is 2.29 bits per heavy atom. The molecular weight excluding hydrogens is 180 g/mol. The Kier molecular flexibility index (Phi) is 3.03. The van der Waals surface area contributed by atoms with Gasteiger partial charge in [-0.3, -0.25) is 9.69 Å². The monoisotopic (exact) mass is 198 g/mol. The van der Waals surface area contributed by atoms with Crippen molar-refractivity contribution in [3.05, 3.63) is 0 Å². The number of carbonyl (C=O) groups is 1. The molecule has 2 rings (SSSR count). The van der Waals surface area contributed by atoms with Crippen molar-refractivity contribution < 1.29 is 9.90 Å². The highest BCUT2D eigenvalue weighted by Gasteiger charge is 2.32. The zero-order chi connectivity index (χ0) is 9.97. The summed E-state index contributed by atoms with van der Waals surface area (Å²) in [6.45, 7) is 3.87. The van der Waals surface area contributed by atoms with Crippen LogP contribution in [0.5, 0.6) is 0 Å². The van der Waals surface area contributed by atoms with Gasteiger partial charge in [0.05, 0.1) is 5.92 Å². The van der Waals surface area contributed by atoms with Crippen molar-refractivity contribution in [1.82, 2.24) is 10.2 Å². The molecule has 0 saturated carbocycles. The highest BCUT2D eigenvalue weighted by atomic mass is 16.4. The van der Waals surface area contributed by atoms with Crippen molar-refractivity contribution in [3.63, 3.8) is 0 Å². The average molecular weight is 198 g/mol. The van der Waals surface area contributed by atoms with Crippen molar-refractivity contribution in [2.24, 2.45) is 5.92 Å². The van der Waals surface area contributed by atoms with Gasteiger partial charge in [0.25, 0.3) is 0 Å². The minimum absolute atomic E-state index is 0.128. The predicted octanol–water partition coefficient (Wildman–Crippen LogP) is 0.145. The van der Waals surface area contributed by atoms with Crippen LogP contribution in [0.4, 0.5) is 0 Å². The lowest BCUT2D eigenvalue weighted by Crippen LogP contribution is -2.45. The van der Waals surface area contributed by atoms with E-state index in [2.05, 4.69) is 10.2 Å². The molecule has 2 fully saturated rings. The predicted molar refractivity (Wildman–Crippen MR) is 53.2 cm³/mol. The van der Waals surface area contributed by atoms with Gasteiger partial charge >= 0.3 is 5.97 Å². The Morgan fingerprint density at radius 1 is 1.43 bits per heavy atom. The first-order valence-corrected chi connectivity index (χ1v) is 5.45. The summed E-state index contributed by atoms with van der Waals surface area (Å²) in [6.07, 6.45) is 3.27. The fourth-order valence-electron chi connectivity index (χ4n) is 2.47. The quantitative estimate of drug-likeness (QED) is 0.663. The van der Waals surface area contributed by atoms with Gasteiger partial charge in [0.2, 0.25) is 0 Å². The molecule has 14 heavy (non-hydrogen) atoms. The number of rotatable bonds is 2. The molecule has 0 aromatic carbocycles. The third-order valence-electron chi connectivity index (χ3n) is 3.36. The van der Waals surface area contributed by atoms with Gasteiger partial charge in [-0.2, -0.15) is 0 Å². The van der Waals surface area contributed by atoms with Gasteiger partial charge in [0, 0.05) is 19.1 Å². The average Bonchev–Trinajstić information content (AvgIpc) is 2.68. The van der Waals surface area contributed by atoms with Crippen LogP contribution in [0.25, 0.3) is 0 Å². The Morgan fingerprint density at radius 3 is 2.86 bits per heavy atom. The molecule has 0 spiro atoms. The second kappa shape index (κ2) is 4.28. The number of aliphatic carboxylic acids is 1. The van der Waals surface area contributed by atoms with Crippen molar-refractivity contribution in [2.45, 2.75) is 25.3 Å². The first kappa shape index (κ1) is 9.93. The molecule has 0 aromatic heterocycles. The molecule has 2 atom stereocenters. The number of carboxylic acid groups (broad SMARTS) is 1. The first-order chi connectivity index (χ1) is 6.77. The summed E-state index contributed by atoms with van der Waals surface area (Å²) in [5.74, 6) is -0.756. The molecule has 0 aromatic rings. The minimum Gasteiger partial charge on any atom is -0.481 e. The van der Waals surface area contributed by atoms with E-state index < -0.39 is 5.97 Å². The lowest BCUT2D eigenvalue weighted by molar-refractivity contribution is -0.141. The van der Waals surface area contributed by atoms with E-state index in [-0.39, 0.29) is 5.92 Å². The standard InChI is InChI=1S/C10H18N2O2/c13-10(14)8-3-5-12(7-8)9-2-1-4-11-6-9/h8-9,11H,1-7H2,(H,13,14). The van der Waals surface area contributed by atoms with Crippen LogP contribution in [0, 0.1) is 5.92 Å². The van der Waals surface area contributed by atoms with Gasteiger partial charge in [0.1, 0.15) is 0 Å². The van der Waals surface area contributed by atoms with Crippen molar-refractivity contribution in [2.75, 3.05) is 26.2 Å². The fourth-order valence-corrected chi connectivity index (χ4v) is 2.47. The van der Waals surface area contributed by atoms with Crippen molar-refractivity contribution >= 4 is 5.97 Å². The molecule has 2 heterocycles. The Balaban J connectivity index is 1.85. The van der Waals surface area contributed by atoms with Crippen molar-refractivity contribution in [1.29, 1.82) is 0 Å². The van der Waals surface area contributed by atoms with Gasteiger partial charge in [-0.25, -0.2) is 0 Å². The lowest BCUT2D eigenvalue weighted by atomic mass is 10.1. The topological polar surface area (TPSA) is 52.6 Å². The third-order valence-corrected chi connectivity index (χ3v) is 3.36. The van der Waals surface area contributed by atoms with Gasteiger partial charge in [-0.1, -0.05) is 0 Å². The molecule has 2 aliphatic heterocycles. The van der Waals surface area contributed by atoms with E-state index in [1.54, 1.807) is 0 Å². The normalized spacial score (nSPS) is 34.6. The molecule has 0 radical (unpaired) electrons. The zero-order valence-corrected chi connectivity index (χ0v) is 8.41. The summed E-state index contributed by atoms with van der Waals surface area (Å²) in [5.41, 5.74) is 0. The van der Waals surface area contributed by atoms with Gasteiger partial charge in [-0.15, -0.1) is 0 Å². The second-order valence-corrected chi connectivity index (χ2v) is 4.32. The largest absolute Gasteiger partial charge is 0.481 e. The van der Waals surface area contributed by atoms with Crippen LogP contribution < -0.4 is 5.32 Å². The maximum Gasteiger partial charge on any atom is 0.307 e. The third kappa shape index (κ3) is 2.07. The van der Waals surface area contributed by atoms with Crippen LogP contribution in [-0.2, 0) is 4.79 Å². The zero-order valence-electron chi connectivity index (χ0n) is 8.41. The van der Waals surface area contributed by atoms with E-state index in [9.17, 15) is 4.79 Å². The molecule has 2 aliphatic rings. The number of nitrogens with one attached hydrogen (secondary N) is 1. The number of likely N-dealkylation sites (tertiary alicyclic amines) is 1.